The molecule has 0 N–H and O–H groups in total. The predicted molar refractivity (Wildman–Crippen MR) is 115 cm³/mol. The van der Waals surface area contributed by atoms with Crippen molar-refractivity contribution in [1.82, 2.24) is 0 Å². The fraction of sp³-hybridized carbons (Fsp3) is 0.120. The molecule has 0 amide bonds. The lowest BCUT2D eigenvalue weighted by Crippen LogP contribution is -2.17. The van der Waals surface area contributed by atoms with E-state index in [9.17, 15) is 10.1 Å². The van der Waals surface area contributed by atoms with Gasteiger partial charge in [0.15, 0.2) is 6.61 Å². The van der Waals surface area contributed by atoms with Gasteiger partial charge in [0, 0.05) is 5.56 Å². The Morgan fingerprint density at radius 2 is 1.63 bits per heavy atom. The highest BCUT2D eigenvalue weighted by Crippen LogP contribution is 2.27. The molecule has 0 fully saturated rings. The van der Waals surface area contributed by atoms with E-state index in [-0.39, 0.29) is 6.61 Å². The number of esters is 1. The molecule has 3 aromatic carbocycles. The van der Waals surface area contributed by atoms with Crippen LogP contribution < -0.4 is 14.2 Å². The molecule has 0 aromatic heterocycles. The number of methoxy groups -OCH3 is 1. The molecule has 0 aliphatic heterocycles. The highest BCUT2D eigenvalue weighted by molar-refractivity contribution is 5.91. The Balaban J connectivity index is 1.64. The van der Waals surface area contributed by atoms with E-state index in [0.29, 0.717) is 28.4 Å². The molecule has 3 rings (SSSR count). The van der Waals surface area contributed by atoms with E-state index in [1.54, 1.807) is 49.6 Å². The molecule has 0 bridgehead atoms. The smallest absolute Gasteiger partial charge is 0.349 e. The second kappa shape index (κ2) is 9.94. The van der Waals surface area contributed by atoms with Gasteiger partial charge in [0.1, 0.15) is 17.2 Å². The van der Waals surface area contributed by atoms with E-state index in [1.807, 2.05) is 43.3 Å². The van der Waals surface area contributed by atoms with Crippen LogP contribution in [0.25, 0.3) is 11.6 Å². The van der Waals surface area contributed by atoms with Crippen molar-refractivity contribution in [3.8, 4) is 23.3 Å². The number of carbonyl (C=O) groups excluding carboxylic acids is 1. The lowest BCUT2D eigenvalue weighted by atomic mass is 10.0. The topological polar surface area (TPSA) is 68.5 Å². The predicted octanol–water partition coefficient (Wildman–Crippen LogP) is 5.05. The van der Waals surface area contributed by atoms with Crippen molar-refractivity contribution in [1.29, 1.82) is 5.26 Å². The average molecular weight is 399 g/mol. The fourth-order valence-corrected chi connectivity index (χ4v) is 2.77. The second-order valence-electron chi connectivity index (χ2n) is 6.51. The van der Waals surface area contributed by atoms with E-state index >= 15 is 0 Å². The van der Waals surface area contributed by atoms with Gasteiger partial charge in [-0.15, -0.1) is 0 Å². The highest BCUT2D eigenvalue weighted by atomic mass is 16.6. The van der Waals surface area contributed by atoms with Crippen molar-refractivity contribution in [2.24, 2.45) is 0 Å². The third-order valence-corrected chi connectivity index (χ3v) is 4.32. The lowest BCUT2D eigenvalue weighted by molar-refractivity contribution is -0.136. The molecule has 30 heavy (non-hydrogen) atoms. The fourth-order valence-electron chi connectivity index (χ4n) is 2.77. The van der Waals surface area contributed by atoms with Gasteiger partial charge in [-0.2, -0.15) is 5.26 Å². The van der Waals surface area contributed by atoms with Gasteiger partial charge in [-0.1, -0.05) is 42.0 Å². The number of aryl methyl sites for hydroxylation is 1. The number of nitrogens with zero attached hydrogens (tertiary/aromatic N) is 1. The van der Waals surface area contributed by atoms with Crippen LogP contribution in [0.4, 0.5) is 0 Å². The van der Waals surface area contributed by atoms with Crippen molar-refractivity contribution < 1.29 is 19.0 Å². The summed E-state index contributed by atoms with van der Waals surface area (Å²) in [7, 11) is 1.57. The van der Waals surface area contributed by atoms with Crippen LogP contribution in [0.5, 0.6) is 17.2 Å². The molecule has 150 valence electrons. The molecule has 0 atom stereocenters. The van der Waals surface area contributed by atoms with Gasteiger partial charge < -0.3 is 14.2 Å². The number of benzene rings is 3. The van der Waals surface area contributed by atoms with Crippen molar-refractivity contribution in [2.75, 3.05) is 13.7 Å². The van der Waals surface area contributed by atoms with Gasteiger partial charge in [0.25, 0.3) is 0 Å². The minimum atomic E-state index is -0.495. The Hall–Kier alpha value is -4.04. The summed E-state index contributed by atoms with van der Waals surface area (Å²) in [5.74, 6) is 1.15. The SMILES string of the molecule is COc1ccccc1/C(C#N)=C\c1ccc(OC(=O)COc2ccc(C)cc2)cc1. The van der Waals surface area contributed by atoms with Gasteiger partial charge in [0.2, 0.25) is 0 Å². The van der Waals surface area contributed by atoms with Crippen LogP contribution in [0.2, 0.25) is 0 Å². The van der Waals surface area contributed by atoms with Crippen LogP contribution in [-0.4, -0.2) is 19.7 Å². The lowest BCUT2D eigenvalue weighted by Gasteiger charge is -2.08. The van der Waals surface area contributed by atoms with Crippen LogP contribution in [0.1, 0.15) is 16.7 Å². The molecular weight excluding hydrogens is 378 g/mol. The zero-order valence-electron chi connectivity index (χ0n) is 16.8. The zero-order valence-corrected chi connectivity index (χ0v) is 16.8. The van der Waals surface area contributed by atoms with Gasteiger partial charge in [-0.05, 0) is 55.0 Å². The number of para-hydroxylation sites is 1. The first-order chi connectivity index (χ1) is 14.6. The number of rotatable bonds is 7. The molecule has 3 aromatic rings. The van der Waals surface area contributed by atoms with Crippen molar-refractivity contribution in [3.05, 3.63) is 89.5 Å². The Morgan fingerprint density at radius 1 is 0.967 bits per heavy atom. The summed E-state index contributed by atoms with van der Waals surface area (Å²) < 4.78 is 16.1. The number of ether oxygens (including phenoxy) is 3. The van der Waals surface area contributed by atoms with Crippen LogP contribution in [0, 0.1) is 18.3 Å². The molecule has 0 aliphatic rings. The van der Waals surface area contributed by atoms with Crippen LogP contribution in [0.3, 0.4) is 0 Å². The van der Waals surface area contributed by atoms with E-state index in [0.717, 1.165) is 11.1 Å². The number of hydrogen-bond donors (Lipinski definition) is 0. The quantitative estimate of drug-likeness (QED) is 0.241. The molecule has 0 unspecified atom stereocenters. The number of allylic oxidation sites excluding steroid dienone is 1. The summed E-state index contributed by atoms with van der Waals surface area (Å²) in [4.78, 5) is 12.0. The standard InChI is InChI=1S/C25H21NO4/c1-18-7-11-21(12-8-18)29-17-25(27)30-22-13-9-19(10-14-22)15-20(16-26)23-5-3-4-6-24(23)28-2/h3-15H,17H2,1-2H3/b20-15-. The molecule has 0 saturated heterocycles. The maximum Gasteiger partial charge on any atom is 0.349 e. The van der Waals surface area contributed by atoms with E-state index in [4.69, 9.17) is 14.2 Å². The first-order valence-corrected chi connectivity index (χ1v) is 9.34. The minimum absolute atomic E-state index is 0.183. The van der Waals surface area contributed by atoms with Gasteiger partial charge in [-0.3, -0.25) is 0 Å². The monoisotopic (exact) mass is 399 g/mol. The number of carbonyl (C=O) groups is 1. The average Bonchev–Trinajstić information content (AvgIpc) is 2.78. The highest BCUT2D eigenvalue weighted by Gasteiger charge is 2.09. The maximum atomic E-state index is 12.0. The Kier molecular flexibility index (Phi) is 6.86. The Bertz CT molecular complexity index is 1080. The van der Waals surface area contributed by atoms with Crippen LogP contribution in [-0.2, 0) is 4.79 Å². The van der Waals surface area contributed by atoms with Gasteiger partial charge >= 0.3 is 5.97 Å². The molecule has 5 heteroatoms. The van der Waals surface area contributed by atoms with E-state index < -0.39 is 5.97 Å². The number of nitriles is 1. The molecule has 0 saturated carbocycles. The molecule has 0 aliphatic carbocycles. The third kappa shape index (κ3) is 5.49. The minimum Gasteiger partial charge on any atom is -0.496 e. The van der Waals surface area contributed by atoms with Gasteiger partial charge in [-0.25, -0.2) is 4.79 Å². The van der Waals surface area contributed by atoms with Crippen LogP contribution >= 0.6 is 0 Å². The molecule has 0 heterocycles. The van der Waals surface area contributed by atoms with Crippen molar-refractivity contribution >= 4 is 17.6 Å². The van der Waals surface area contributed by atoms with E-state index in [2.05, 4.69) is 6.07 Å². The summed E-state index contributed by atoms with van der Waals surface area (Å²) in [6.45, 7) is 1.80. The van der Waals surface area contributed by atoms with E-state index in [1.165, 1.54) is 0 Å². The summed E-state index contributed by atoms with van der Waals surface area (Å²) >= 11 is 0. The second-order valence-corrected chi connectivity index (χ2v) is 6.51. The van der Waals surface area contributed by atoms with Crippen molar-refractivity contribution in [2.45, 2.75) is 6.92 Å². The van der Waals surface area contributed by atoms with Crippen molar-refractivity contribution in [3.63, 3.8) is 0 Å². The molecule has 5 nitrogen and oxygen atoms in total. The summed E-state index contributed by atoms with van der Waals surface area (Å²) in [5, 5.41) is 9.55. The zero-order chi connectivity index (χ0) is 21.3. The normalized spacial score (nSPS) is 10.8. The summed E-state index contributed by atoms with van der Waals surface area (Å²) in [5.41, 5.74) is 3.10. The summed E-state index contributed by atoms with van der Waals surface area (Å²) in [6.07, 6.45) is 1.75. The largest absolute Gasteiger partial charge is 0.496 e. The number of hydrogen-bond acceptors (Lipinski definition) is 5. The Labute approximate surface area is 175 Å². The maximum absolute atomic E-state index is 12.0. The Morgan fingerprint density at radius 3 is 2.30 bits per heavy atom. The van der Waals surface area contributed by atoms with Crippen LogP contribution in [0.15, 0.2) is 72.8 Å². The first kappa shape index (κ1) is 20.7. The first-order valence-electron chi connectivity index (χ1n) is 9.34. The molecular formula is C25H21NO4. The third-order valence-electron chi connectivity index (χ3n) is 4.32. The molecule has 0 radical (unpaired) electrons. The molecule has 0 spiro atoms. The van der Waals surface area contributed by atoms with Gasteiger partial charge in [0.05, 0.1) is 18.8 Å². The summed E-state index contributed by atoms with van der Waals surface area (Å²) in [6, 6.07) is 23.9.